The van der Waals surface area contributed by atoms with Crippen LogP contribution >= 0.6 is 26.6 Å². The highest BCUT2D eigenvalue weighted by atomic mass is 79.9. The SMILES string of the molecule is O=S(=O)(Cl)Cc1cccc(CBr)c1. The predicted octanol–water partition coefficient (Wildman–Crippen LogP) is 2.65. The fourth-order valence-corrected chi connectivity index (χ4v) is 2.31. The van der Waals surface area contributed by atoms with E-state index in [4.69, 9.17) is 10.7 Å². The summed E-state index contributed by atoms with van der Waals surface area (Å²) in [6.45, 7) is 0. The standard InChI is InChI=1S/C8H8BrClO2S/c9-5-7-2-1-3-8(4-7)6-13(10,11)12/h1-4H,5-6H2. The van der Waals surface area contributed by atoms with Gasteiger partial charge >= 0.3 is 0 Å². The van der Waals surface area contributed by atoms with E-state index in [0.717, 1.165) is 5.56 Å². The molecule has 0 fully saturated rings. The van der Waals surface area contributed by atoms with Crippen molar-refractivity contribution in [2.45, 2.75) is 11.1 Å². The summed E-state index contributed by atoms with van der Waals surface area (Å²) in [5.41, 5.74) is 1.75. The van der Waals surface area contributed by atoms with Gasteiger partial charge in [-0.15, -0.1) is 0 Å². The topological polar surface area (TPSA) is 34.1 Å². The molecule has 0 saturated heterocycles. The molecule has 5 heteroatoms. The number of alkyl halides is 1. The zero-order valence-electron chi connectivity index (χ0n) is 6.70. The van der Waals surface area contributed by atoms with Crippen molar-refractivity contribution in [3.05, 3.63) is 35.4 Å². The fourth-order valence-electron chi connectivity index (χ4n) is 1.00. The van der Waals surface area contributed by atoms with E-state index in [9.17, 15) is 8.42 Å². The molecule has 1 aromatic carbocycles. The van der Waals surface area contributed by atoms with Crippen LogP contribution in [0, 0.1) is 0 Å². The van der Waals surface area contributed by atoms with Crippen molar-refractivity contribution in [3.63, 3.8) is 0 Å². The molecule has 1 rings (SSSR count). The molecule has 0 heterocycles. The Morgan fingerprint density at radius 1 is 1.31 bits per heavy atom. The van der Waals surface area contributed by atoms with Gasteiger partial charge in [-0.3, -0.25) is 0 Å². The first-order valence-electron chi connectivity index (χ1n) is 3.57. The zero-order valence-corrected chi connectivity index (χ0v) is 9.86. The van der Waals surface area contributed by atoms with E-state index in [1.165, 1.54) is 0 Å². The first-order chi connectivity index (χ1) is 6.01. The minimum absolute atomic E-state index is 0.116. The minimum atomic E-state index is -3.45. The lowest BCUT2D eigenvalue weighted by molar-refractivity contribution is 0.609. The van der Waals surface area contributed by atoms with E-state index in [2.05, 4.69) is 15.9 Å². The summed E-state index contributed by atoms with van der Waals surface area (Å²) in [5.74, 6) is -0.116. The van der Waals surface area contributed by atoms with E-state index >= 15 is 0 Å². The quantitative estimate of drug-likeness (QED) is 0.631. The highest BCUT2D eigenvalue weighted by Crippen LogP contribution is 2.13. The summed E-state index contributed by atoms with van der Waals surface area (Å²) in [6.07, 6.45) is 0. The van der Waals surface area contributed by atoms with Crippen molar-refractivity contribution in [1.29, 1.82) is 0 Å². The van der Waals surface area contributed by atoms with Crippen LogP contribution in [-0.4, -0.2) is 8.42 Å². The molecule has 0 aliphatic carbocycles. The third-order valence-corrected chi connectivity index (χ3v) is 3.14. The highest BCUT2D eigenvalue weighted by molar-refractivity contribution is 9.08. The van der Waals surface area contributed by atoms with Gasteiger partial charge in [0.15, 0.2) is 0 Å². The number of halogens is 2. The first-order valence-corrected chi connectivity index (χ1v) is 7.17. The maximum absolute atomic E-state index is 10.8. The average molecular weight is 284 g/mol. The van der Waals surface area contributed by atoms with Gasteiger partial charge in [0.1, 0.15) is 0 Å². The molecule has 0 aromatic heterocycles. The first kappa shape index (κ1) is 11.0. The second-order valence-corrected chi connectivity index (χ2v) is 5.97. The van der Waals surface area contributed by atoms with E-state index in [1.54, 1.807) is 6.07 Å². The molecule has 2 nitrogen and oxygen atoms in total. The molecular formula is C8H8BrClO2S. The van der Waals surface area contributed by atoms with Crippen molar-refractivity contribution in [2.24, 2.45) is 0 Å². The van der Waals surface area contributed by atoms with Gasteiger partial charge in [-0.2, -0.15) is 0 Å². The zero-order chi connectivity index (χ0) is 9.90. The van der Waals surface area contributed by atoms with Crippen LogP contribution in [0.2, 0.25) is 0 Å². The Bertz CT molecular complexity index is 389. The molecule has 0 spiro atoms. The van der Waals surface area contributed by atoms with Crippen LogP contribution in [0.5, 0.6) is 0 Å². The number of hydrogen-bond acceptors (Lipinski definition) is 2. The second kappa shape index (κ2) is 4.44. The Kier molecular flexibility index (Phi) is 3.76. The van der Waals surface area contributed by atoms with Gasteiger partial charge in [0.25, 0.3) is 0 Å². The van der Waals surface area contributed by atoms with Crippen molar-refractivity contribution < 1.29 is 8.42 Å². The third kappa shape index (κ3) is 4.11. The Morgan fingerprint density at radius 2 is 1.92 bits per heavy atom. The van der Waals surface area contributed by atoms with E-state index in [-0.39, 0.29) is 5.75 Å². The van der Waals surface area contributed by atoms with Crippen LogP contribution in [-0.2, 0) is 20.1 Å². The highest BCUT2D eigenvalue weighted by Gasteiger charge is 2.06. The molecular weight excluding hydrogens is 276 g/mol. The fraction of sp³-hybridized carbons (Fsp3) is 0.250. The van der Waals surface area contributed by atoms with Gasteiger partial charge in [0, 0.05) is 16.0 Å². The Balaban J connectivity index is 2.90. The molecule has 0 radical (unpaired) electrons. The van der Waals surface area contributed by atoms with E-state index < -0.39 is 9.05 Å². The lowest BCUT2D eigenvalue weighted by atomic mass is 10.2. The summed E-state index contributed by atoms with van der Waals surface area (Å²) >= 11 is 3.29. The molecule has 0 aliphatic heterocycles. The number of rotatable bonds is 3. The van der Waals surface area contributed by atoms with E-state index in [1.807, 2.05) is 18.2 Å². The average Bonchev–Trinajstić information content (AvgIpc) is 2.01. The van der Waals surface area contributed by atoms with Gasteiger partial charge in [0.2, 0.25) is 9.05 Å². The van der Waals surface area contributed by atoms with Crippen molar-refractivity contribution >= 4 is 35.7 Å². The van der Waals surface area contributed by atoms with Crippen LogP contribution < -0.4 is 0 Å². The number of hydrogen-bond donors (Lipinski definition) is 0. The van der Waals surface area contributed by atoms with E-state index in [0.29, 0.717) is 10.9 Å². The smallest absolute Gasteiger partial charge is 0.212 e. The predicted molar refractivity (Wildman–Crippen MR) is 57.5 cm³/mol. The summed E-state index contributed by atoms with van der Waals surface area (Å²) in [6, 6.07) is 7.29. The second-order valence-electron chi connectivity index (χ2n) is 2.64. The van der Waals surface area contributed by atoms with Crippen LogP contribution in [0.1, 0.15) is 11.1 Å². The molecule has 0 N–H and O–H groups in total. The van der Waals surface area contributed by atoms with Gasteiger partial charge in [0.05, 0.1) is 5.75 Å². The molecule has 72 valence electrons. The Morgan fingerprint density at radius 3 is 2.46 bits per heavy atom. The van der Waals surface area contributed by atoms with Crippen molar-refractivity contribution in [3.8, 4) is 0 Å². The maximum Gasteiger partial charge on any atom is 0.236 e. The third-order valence-electron chi connectivity index (χ3n) is 1.48. The molecule has 0 amide bonds. The molecule has 0 bridgehead atoms. The van der Waals surface area contributed by atoms with Crippen LogP contribution in [0.25, 0.3) is 0 Å². The molecule has 0 saturated carbocycles. The normalized spacial score (nSPS) is 11.5. The monoisotopic (exact) mass is 282 g/mol. The number of benzene rings is 1. The van der Waals surface area contributed by atoms with Gasteiger partial charge in [-0.25, -0.2) is 8.42 Å². The van der Waals surface area contributed by atoms with Crippen molar-refractivity contribution in [1.82, 2.24) is 0 Å². The molecule has 0 aliphatic rings. The van der Waals surface area contributed by atoms with Crippen LogP contribution in [0.4, 0.5) is 0 Å². The largest absolute Gasteiger partial charge is 0.236 e. The summed E-state index contributed by atoms with van der Waals surface area (Å²) < 4.78 is 21.5. The molecule has 0 unspecified atom stereocenters. The molecule has 0 atom stereocenters. The lowest BCUT2D eigenvalue weighted by Gasteiger charge is -2.00. The van der Waals surface area contributed by atoms with Gasteiger partial charge < -0.3 is 0 Å². The Hall–Kier alpha value is -0.0600. The minimum Gasteiger partial charge on any atom is -0.212 e. The summed E-state index contributed by atoms with van der Waals surface area (Å²) in [4.78, 5) is 0. The molecule has 1 aromatic rings. The summed E-state index contributed by atoms with van der Waals surface area (Å²) in [7, 11) is 1.68. The molecule has 13 heavy (non-hydrogen) atoms. The van der Waals surface area contributed by atoms with Crippen LogP contribution in [0.15, 0.2) is 24.3 Å². The summed E-state index contributed by atoms with van der Waals surface area (Å²) in [5, 5.41) is 0.711. The Labute approximate surface area is 90.5 Å². The van der Waals surface area contributed by atoms with Gasteiger partial charge in [-0.1, -0.05) is 40.2 Å². The van der Waals surface area contributed by atoms with Gasteiger partial charge in [-0.05, 0) is 11.1 Å². The van der Waals surface area contributed by atoms with Crippen LogP contribution in [0.3, 0.4) is 0 Å². The van der Waals surface area contributed by atoms with Crippen molar-refractivity contribution in [2.75, 3.05) is 0 Å². The maximum atomic E-state index is 10.8. The lowest BCUT2D eigenvalue weighted by Crippen LogP contribution is -1.95.